The molecule has 0 aliphatic heterocycles. The average molecular weight is 288 g/mol. The molecule has 112 valence electrons. The minimum atomic E-state index is -2.48. The molecule has 0 aromatic heterocycles. The lowest BCUT2D eigenvalue weighted by Crippen LogP contribution is -2.50. The van der Waals surface area contributed by atoms with E-state index in [0.717, 1.165) is 0 Å². The smallest absolute Gasteiger partial charge is 0.336 e. The van der Waals surface area contributed by atoms with Crippen molar-refractivity contribution in [2.75, 3.05) is 6.61 Å². The van der Waals surface area contributed by atoms with Crippen LogP contribution in [0.3, 0.4) is 0 Å². The Morgan fingerprint density at radius 1 is 1.42 bits per heavy atom. The van der Waals surface area contributed by atoms with Crippen LogP contribution in [-0.2, 0) is 13.6 Å². The molecule has 0 radical (unpaired) electrons. The summed E-state index contributed by atoms with van der Waals surface area (Å²) in [7, 11) is -2.48. The molecule has 4 nitrogen and oxygen atoms in total. The van der Waals surface area contributed by atoms with Gasteiger partial charge in [0.15, 0.2) is 5.78 Å². The molecule has 0 heterocycles. The van der Waals surface area contributed by atoms with E-state index in [1.54, 1.807) is 26.8 Å². The number of aliphatic hydroxyl groups excluding tert-OH is 1. The van der Waals surface area contributed by atoms with E-state index in [4.69, 9.17) is 14.0 Å². The fourth-order valence-electron chi connectivity index (χ4n) is 1.97. The summed E-state index contributed by atoms with van der Waals surface area (Å²) in [6, 6.07) is 0.675. The standard InChI is InChI=1S/C14H28O4Si/c1-7-9-13(16)14(4,5)18-19(6,11-8-10-15)17-12(2)3/h7,9,12,15H,8,10-11H2,1-6H3. The highest BCUT2D eigenvalue weighted by Crippen LogP contribution is 2.25. The number of hydrogen-bond donors (Lipinski definition) is 1. The van der Waals surface area contributed by atoms with E-state index in [9.17, 15) is 4.79 Å². The molecule has 1 atom stereocenters. The molecule has 0 aliphatic rings. The SMILES string of the molecule is CC=CC(=O)C(C)(C)O[Si](C)(CCCO)OC(C)C. The summed E-state index contributed by atoms with van der Waals surface area (Å²) in [6.07, 6.45) is 3.91. The summed E-state index contributed by atoms with van der Waals surface area (Å²) in [4.78, 5) is 12.0. The second-order valence-corrected chi connectivity index (χ2v) is 8.81. The van der Waals surface area contributed by atoms with Gasteiger partial charge in [-0.1, -0.05) is 6.08 Å². The van der Waals surface area contributed by atoms with E-state index in [1.165, 1.54) is 6.08 Å². The first-order valence-electron chi connectivity index (χ1n) is 6.83. The van der Waals surface area contributed by atoms with Gasteiger partial charge in [-0.15, -0.1) is 0 Å². The molecule has 0 aromatic carbocycles. The maximum Gasteiger partial charge on any atom is 0.336 e. The molecule has 0 fully saturated rings. The zero-order chi connectivity index (χ0) is 15.1. The van der Waals surface area contributed by atoms with Gasteiger partial charge in [-0.05, 0) is 59.7 Å². The summed E-state index contributed by atoms with van der Waals surface area (Å²) >= 11 is 0. The second kappa shape index (κ2) is 7.94. The molecule has 1 unspecified atom stereocenters. The van der Waals surface area contributed by atoms with Crippen LogP contribution in [0.2, 0.25) is 12.6 Å². The molecule has 19 heavy (non-hydrogen) atoms. The van der Waals surface area contributed by atoms with Gasteiger partial charge in [0.2, 0.25) is 0 Å². The molecule has 5 heteroatoms. The molecule has 0 bridgehead atoms. The predicted molar refractivity (Wildman–Crippen MR) is 79.3 cm³/mol. The van der Waals surface area contributed by atoms with Crippen LogP contribution in [0.1, 0.15) is 41.0 Å². The summed E-state index contributed by atoms with van der Waals surface area (Å²) < 4.78 is 12.0. The van der Waals surface area contributed by atoms with Crippen molar-refractivity contribution < 1.29 is 18.8 Å². The molecule has 0 spiro atoms. The van der Waals surface area contributed by atoms with E-state index < -0.39 is 14.2 Å². The monoisotopic (exact) mass is 288 g/mol. The Bertz CT molecular complexity index is 313. The Morgan fingerprint density at radius 3 is 2.42 bits per heavy atom. The van der Waals surface area contributed by atoms with E-state index in [0.29, 0.717) is 12.5 Å². The van der Waals surface area contributed by atoms with Crippen LogP contribution in [0, 0.1) is 0 Å². The Kier molecular flexibility index (Phi) is 7.74. The highest BCUT2D eigenvalue weighted by Gasteiger charge is 2.40. The quantitative estimate of drug-likeness (QED) is 0.523. The third-order valence-electron chi connectivity index (χ3n) is 2.66. The Morgan fingerprint density at radius 2 is 2.00 bits per heavy atom. The Balaban J connectivity index is 4.92. The highest BCUT2D eigenvalue weighted by atomic mass is 28.4. The molecule has 0 saturated heterocycles. The van der Waals surface area contributed by atoms with Crippen molar-refractivity contribution in [1.82, 2.24) is 0 Å². The molecular weight excluding hydrogens is 260 g/mol. The molecule has 0 aliphatic carbocycles. The number of rotatable bonds is 9. The molecular formula is C14H28O4Si. The van der Waals surface area contributed by atoms with E-state index in [-0.39, 0.29) is 18.5 Å². The largest absolute Gasteiger partial charge is 0.396 e. The number of allylic oxidation sites excluding steroid dienone is 1. The predicted octanol–water partition coefficient (Wildman–Crippen LogP) is 2.81. The number of hydrogen-bond acceptors (Lipinski definition) is 4. The van der Waals surface area contributed by atoms with Gasteiger partial charge in [0, 0.05) is 12.7 Å². The van der Waals surface area contributed by atoms with Crippen LogP contribution in [-0.4, -0.2) is 37.8 Å². The Labute approximate surface area is 118 Å². The van der Waals surface area contributed by atoms with Crippen LogP contribution in [0.15, 0.2) is 12.2 Å². The van der Waals surface area contributed by atoms with Crippen LogP contribution >= 0.6 is 0 Å². The Hall–Kier alpha value is -0.493. The van der Waals surface area contributed by atoms with Gasteiger partial charge in [-0.3, -0.25) is 4.79 Å². The van der Waals surface area contributed by atoms with Crippen molar-refractivity contribution in [2.45, 2.75) is 65.3 Å². The maximum absolute atomic E-state index is 12.0. The lowest BCUT2D eigenvalue weighted by Gasteiger charge is -2.36. The highest BCUT2D eigenvalue weighted by molar-refractivity contribution is 6.66. The van der Waals surface area contributed by atoms with Crippen molar-refractivity contribution >= 4 is 14.3 Å². The summed E-state index contributed by atoms with van der Waals surface area (Å²) in [5, 5.41) is 8.99. The lowest BCUT2D eigenvalue weighted by molar-refractivity contribution is -0.129. The van der Waals surface area contributed by atoms with Crippen molar-refractivity contribution in [3.8, 4) is 0 Å². The van der Waals surface area contributed by atoms with Crippen LogP contribution < -0.4 is 0 Å². The molecule has 0 amide bonds. The second-order valence-electron chi connectivity index (χ2n) is 5.60. The molecule has 0 aromatic rings. The number of carbonyl (C=O) groups is 1. The normalized spacial score (nSPS) is 16.0. The summed E-state index contributed by atoms with van der Waals surface area (Å²) in [6.45, 7) is 11.3. The van der Waals surface area contributed by atoms with Gasteiger partial charge in [-0.25, -0.2) is 0 Å². The molecule has 0 saturated carbocycles. The fourth-order valence-corrected chi connectivity index (χ4v) is 5.22. The van der Waals surface area contributed by atoms with Gasteiger partial charge in [0.1, 0.15) is 5.60 Å². The lowest BCUT2D eigenvalue weighted by atomic mass is 10.0. The van der Waals surface area contributed by atoms with Crippen LogP contribution in [0.5, 0.6) is 0 Å². The number of aliphatic hydroxyl groups is 1. The topological polar surface area (TPSA) is 55.8 Å². The maximum atomic E-state index is 12.0. The first-order valence-corrected chi connectivity index (χ1v) is 9.35. The van der Waals surface area contributed by atoms with Gasteiger partial charge in [0.05, 0.1) is 0 Å². The minimum Gasteiger partial charge on any atom is -0.396 e. The first kappa shape index (κ1) is 18.5. The van der Waals surface area contributed by atoms with Gasteiger partial charge >= 0.3 is 8.56 Å². The zero-order valence-corrected chi connectivity index (χ0v) is 14.0. The van der Waals surface area contributed by atoms with E-state index in [1.807, 2.05) is 20.4 Å². The van der Waals surface area contributed by atoms with E-state index >= 15 is 0 Å². The van der Waals surface area contributed by atoms with E-state index in [2.05, 4.69) is 0 Å². The third-order valence-corrected chi connectivity index (χ3v) is 5.83. The van der Waals surface area contributed by atoms with Gasteiger partial charge < -0.3 is 14.0 Å². The number of ketones is 1. The first-order chi connectivity index (χ1) is 8.67. The van der Waals surface area contributed by atoms with Gasteiger partial charge in [-0.2, -0.15) is 0 Å². The number of carbonyl (C=O) groups excluding carboxylic acids is 1. The summed E-state index contributed by atoms with van der Waals surface area (Å²) in [5.74, 6) is -0.0647. The minimum absolute atomic E-state index is 0.0444. The summed E-state index contributed by atoms with van der Waals surface area (Å²) in [5.41, 5.74) is -0.891. The van der Waals surface area contributed by atoms with Crippen LogP contribution in [0.25, 0.3) is 0 Å². The zero-order valence-electron chi connectivity index (χ0n) is 13.0. The van der Waals surface area contributed by atoms with Gasteiger partial charge in [0.25, 0.3) is 0 Å². The van der Waals surface area contributed by atoms with Crippen LogP contribution in [0.4, 0.5) is 0 Å². The third kappa shape index (κ3) is 7.01. The van der Waals surface area contributed by atoms with Crippen molar-refractivity contribution in [2.24, 2.45) is 0 Å². The molecule has 1 N–H and O–H groups in total. The fraction of sp³-hybridized carbons (Fsp3) is 0.786. The average Bonchev–Trinajstić information content (AvgIpc) is 2.24. The van der Waals surface area contributed by atoms with Crippen molar-refractivity contribution in [3.05, 3.63) is 12.2 Å². The van der Waals surface area contributed by atoms with Crippen molar-refractivity contribution in [1.29, 1.82) is 0 Å². The van der Waals surface area contributed by atoms with Crippen molar-refractivity contribution in [3.63, 3.8) is 0 Å². The molecule has 0 rings (SSSR count).